The van der Waals surface area contributed by atoms with E-state index in [9.17, 15) is 9.90 Å². The summed E-state index contributed by atoms with van der Waals surface area (Å²) >= 11 is 5.91. The third-order valence-corrected chi connectivity index (χ3v) is 4.14. The first-order valence-corrected chi connectivity index (χ1v) is 7.46. The second-order valence-corrected chi connectivity index (χ2v) is 5.74. The molecule has 0 unspecified atom stereocenters. The molecule has 3 nitrogen and oxygen atoms in total. The highest BCUT2D eigenvalue weighted by Crippen LogP contribution is 2.39. The first-order chi connectivity index (χ1) is 11.1. The molecule has 23 heavy (non-hydrogen) atoms. The lowest BCUT2D eigenvalue weighted by Crippen LogP contribution is -2.09. The Labute approximate surface area is 137 Å². The number of ether oxygens (including phenoxy) is 1. The number of carbonyl (C=O) groups is 1. The third kappa shape index (κ3) is 2.26. The molecule has 0 bridgehead atoms. The van der Waals surface area contributed by atoms with E-state index < -0.39 is 5.97 Å². The van der Waals surface area contributed by atoms with E-state index in [4.69, 9.17) is 16.3 Å². The predicted octanol–water partition coefficient (Wildman–Crippen LogP) is 4.66. The summed E-state index contributed by atoms with van der Waals surface area (Å²) in [6, 6.07) is 15.7. The van der Waals surface area contributed by atoms with Gasteiger partial charge in [0.05, 0.1) is 5.57 Å². The Morgan fingerprint density at radius 1 is 0.957 bits per heavy atom. The lowest BCUT2D eigenvalue weighted by atomic mass is 9.99. The van der Waals surface area contributed by atoms with E-state index in [2.05, 4.69) is 0 Å². The maximum atomic E-state index is 12.5. The molecule has 112 valence electrons. The molecule has 0 aromatic heterocycles. The van der Waals surface area contributed by atoms with Gasteiger partial charge in [0.1, 0.15) is 11.5 Å². The van der Waals surface area contributed by atoms with Gasteiger partial charge in [-0.1, -0.05) is 41.9 Å². The molecule has 0 spiro atoms. The van der Waals surface area contributed by atoms with Gasteiger partial charge in [-0.15, -0.1) is 0 Å². The van der Waals surface area contributed by atoms with Gasteiger partial charge in [0.25, 0.3) is 0 Å². The minimum Gasteiger partial charge on any atom is -0.507 e. The van der Waals surface area contributed by atoms with Crippen LogP contribution in [0.3, 0.4) is 0 Å². The van der Waals surface area contributed by atoms with E-state index in [1.807, 2.05) is 0 Å². The molecule has 0 atom stereocenters. The highest BCUT2D eigenvalue weighted by Gasteiger charge is 2.22. The minimum atomic E-state index is -0.435. The van der Waals surface area contributed by atoms with E-state index in [1.165, 1.54) is 0 Å². The molecule has 0 radical (unpaired) electrons. The lowest BCUT2D eigenvalue weighted by molar-refractivity contribution is -0.127. The Morgan fingerprint density at radius 3 is 2.52 bits per heavy atom. The average Bonchev–Trinajstić information content (AvgIpc) is 2.69. The summed E-state index contributed by atoms with van der Waals surface area (Å²) < 4.78 is 5.53. The second kappa shape index (κ2) is 5.14. The smallest absolute Gasteiger partial charge is 0.344 e. The molecule has 0 saturated carbocycles. The van der Waals surface area contributed by atoms with Crippen molar-refractivity contribution in [2.24, 2.45) is 0 Å². The SMILES string of the molecule is O=C1Oc2cccc3c(O)ccc(c23)C=C1c1ccc(Cl)cc1. The molecule has 0 aliphatic carbocycles. The van der Waals surface area contributed by atoms with E-state index in [0.29, 0.717) is 21.7 Å². The highest BCUT2D eigenvalue weighted by molar-refractivity contribution is 6.31. The fraction of sp³-hybridized carbons (Fsp3) is 0. The van der Waals surface area contributed by atoms with Crippen LogP contribution in [0.15, 0.2) is 54.6 Å². The molecule has 3 aromatic rings. The number of rotatable bonds is 1. The number of benzene rings is 3. The van der Waals surface area contributed by atoms with Gasteiger partial charge in [0, 0.05) is 15.8 Å². The molecular formula is C19H11ClO3. The molecule has 0 amide bonds. The van der Waals surface area contributed by atoms with Crippen molar-refractivity contribution in [2.45, 2.75) is 0 Å². The van der Waals surface area contributed by atoms with Crippen LogP contribution in [0.25, 0.3) is 22.4 Å². The number of halogens is 1. The van der Waals surface area contributed by atoms with Crippen LogP contribution in [0.5, 0.6) is 11.5 Å². The molecule has 1 aliphatic heterocycles. The minimum absolute atomic E-state index is 0.157. The molecular weight excluding hydrogens is 312 g/mol. The van der Waals surface area contributed by atoms with Crippen molar-refractivity contribution in [1.29, 1.82) is 0 Å². The maximum Gasteiger partial charge on any atom is 0.344 e. The lowest BCUT2D eigenvalue weighted by Gasteiger charge is -2.08. The number of hydrogen-bond donors (Lipinski definition) is 1. The number of hydrogen-bond acceptors (Lipinski definition) is 3. The Hall–Kier alpha value is -2.78. The fourth-order valence-electron chi connectivity index (χ4n) is 2.79. The van der Waals surface area contributed by atoms with Crippen molar-refractivity contribution in [1.82, 2.24) is 0 Å². The summed E-state index contributed by atoms with van der Waals surface area (Å²) in [5, 5.41) is 12.0. The van der Waals surface area contributed by atoms with Crippen LogP contribution in [-0.2, 0) is 4.79 Å². The molecule has 4 heteroatoms. The van der Waals surface area contributed by atoms with Crippen molar-refractivity contribution in [3.63, 3.8) is 0 Å². The van der Waals surface area contributed by atoms with E-state index in [-0.39, 0.29) is 5.75 Å². The van der Waals surface area contributed by atoms with Gasteiger partial charge in [0.2, 0.25) is 0 Å². The zero-order valence-electron chi connectivity index (χ0n) is 11.9. The number of aromatic hydroxyl groups is 1. The van der Waals surface area contributed by atoms with Crippen LogP contribution in [0.4, 0.5) is 0 Å². The Bertz CT molecular complexity index is 972. The summed E-state index contributed by atoms with van der Waals surface area (Å²) in [6.45, 7) is 0. The number of esters is 1. The van der Waals surface area contributed by atoms with Gasteiger partial charge in [-0.3, -0.25) is 0 Å². The van der Waals surface area contributed by atoms with Crippen molar-refractivity contribution in [3.05, 3.63) is 70.7 Å². The van der Waals surface area contributed by atoms with E-state index in [0.717, 1.165) is 16.5 Å². The van der Waals surface area contributed by atoms with Crippen molar-refractivity contribution >= 4 is 40.0 Å². The van der Waals surface area contributed by atoms with Crippen LogP contribution < -0.4 is 4.74 Å². The molecule has 3 aromatic carbocycles. The normalized spacial score (nSPS) is 13.4. The zero-order chi connectivity index (χ0) is 16.0. The van der Waals surface area contributed by atoms with Crippen LogP contribution >= 0.6 is 11.6 Å². The first kappa shape index (κ1) is 13.9. The topological polar surface area (TPSA) is 46.5 Å². The quantitative estimate of drug-likeness (QED) is 0.523. The first-order valence-electron chi connectivity index (χ1n) is 7.08. The number of phenolic OH excluding ortho intramolecular Hbond substituents is 1. The zero-order valence-corrected chi connectivity index (χ0v) is 12.7. The number of carbonyl (C=O) groups excluding carboxylic acids is 1. The largest absolute Gasteiger partial charge is 0.507 e. The van der Waals surface area contributed by atoms with Gasteiger partial charge in [-0.05, 0) is 41.5 Å². The van der Waals surface area contributed by atoms with E-state index in [1.54, 1.807) is 60.7 Å². The molecule has 0 fully saturated rings. The van der Waals surface area contributed by atoms with Gasteiger partial charge >= 0.3 is 5.97 Å². The Kier molecular flexibility index (Phi) is 3.10. The molecule has 1 aliphatic rings. The Morgan fingerprint density at radius 2 is 1.74 bits per heavy atom. The van der Waals surface area contributed by atoms with E-state index >= 15 is 0 Å². The van der Waals surface area contributed by atoms with Gasteiger partial charge in [-0.25, -0.2) is 4.79 Å². The van der Waals surface area contributed by atoms with Crippen LogP contribution in [-0.4, -0.2) is 11.1 Å². The average molecular weight is 323 g/mol. The molecule has 4 rings (SSSR count). The van der Waals surface area contributed by atoms with Crippen LogP contribution in [0.1, 0.15) is 11.1 Å². The summed E-state index contributed by atoms with van der Waals surface area (Å²) in [7, 11) is 0. The summed E-state index contributed by atoms with van der Waals surface area (Å²) in [5.41, 5.74) is 2.00. The summed E-state index contributed by atoms with van der Waals surface area (Å²) in [4.78, 5) is 12.5. The molecule has 0 saturated heterocycles. The maximum absolute atomic E-state index is 12.5. The van der Waals surface area contributed by atoms with Gasteiger partial charge in [-0.2, -0.15) is 0 Å². The molecule has 1 N–H and O–H groups in total. The highest BCUT2D eigenvalue weighted by atomic mass is 35.5. The summed E-state index contributed by atoms with van der Waals surface area (Å²) in [6.07, 6.45) is 1.78. The van der Waals surface area contributed by atoms with Crippen LogP contribution in [0.2, 0.25) is 5.02 Å². The van der Waals surface area contributed by atoms with Crippen molar-refractivity contribution < 1.29 is 14.6 Å². The van der Waals surface area contributed by atoms with Crippen molar-refractivity contribution in [2.75, 3.05) is 0 Å². The standard InChI is InChI=1S/C19H11ClO3/c20-13-7-4-11(5-8-13)15-10-12-6-9-16(21)14-2-1-3-17(18(12)14)23-19(15)22/h1-10,21H. The van der Waals surface area contributed by atoms with Crippen LogP contribution in [0, 0.1) is 0 Å². The number of phenols is 1. The van der Waals surface area contributed by atoms with Gasteiger partial charge < -0.3 is 9.84 Å². The summed E-state index contributed by atoms with van der Waals surface area (Å²) in [5.74, 6) is 0.166. The third-order valence-electron chi connectivity index (χ3n) is 3.89. The fourth-order valence-corrected chi connectivity index (χ4v) is 2.92. The predicted molar refractivity (Wildman–Crippen MR) is 90.6 cm³/mol. The second-order valence-electron chi connectivity index (χ2n) is 5.31. The van der Waals surface area contributed by atoms with Gasteiger partial charge in [0.15, 0.2) is 0 Å². The monoisotopic (exact) mass is 322 g/mol. The Balaban J connectivity index is 1.99. The molecule has 1 heterocycles. The van der Waals surface area contributed by atoms with Crippen molar-refractivity contribution in [3.8, 4) is 11.5 Å².